The van der Waals surface area contributed by atoms with Crippen LogP contribution in [-0.2, 0) is 13.1 Å². The largest absolute Gasteiger partial charge is 0.333 e. The van der Waals surface area contributed by atoms with E-state index in [1.807, 2.05) is 19.3 Å². The van der Waals surface area contributed by atoms with E-state index < -0.39 is 0 Å². The molecule has 2 rings (SSSR count). The normalized spacial score (nSPS) is 10.8. The summed E-state index contributed by atoms with van der Waals surface area (Å²) in [6.45, 7) is 6.66. The molecule has 0 saturated carbocycles. The van der Waals surface area contributed by atoms with Crippen LogP contribution in [0.15, 0.2) is 30.7 Å². The van der Waals surface area contributed by atoms with E-state index >= 15 is 0 Å². The van der Waals surface area contributed by atoms with Crippen LogP contribution in [-0.4, -0.2) is 16.1 Å². The van der Waals surface area contributed by atoms with Gasteiger partial charge in [-0.25, -0.2) is 4.98 Å². The number of halogens is 1. The zero-order valence-electron chi connectivity index (χ0n) is 10.8. The van der Waals surface area contributed by atoms with Crippen molar-refractivity contribution in [2.24, 2.45) is 0 Å². The average Bonchev–Trinajstić information content (AvgIpc) is 2.78. The summed E-state index contributed by atoms with van der Waals surface area (Å²) in [4.78, 5) is 4.35. The molecule has 1 N–H and O–H groups in total. The summed E-state index contributed by atoms with van der Waals surface area (Å²) in [5.41, 5.74) is 3.36. The fourth-order valence-electron chi connectivity index (χ4n) is 1.81. The average molecular weight is 264 g/mol. The Labute approximate surface area is 113 Å². The molecule has 18 heavy (non-hydrogen) atoms. The van der Waals surface area contributed by atoms with Gasteiger partial charge in [-0.2, -0.15) is 0 Å². The SMILES string of the molecule is CCNCc1cn(Cc2ccc(C)cc2Cl)cn1. The Kier molecular flexibility index (Phi) is 4.39. The van der Waals surface area contributed by atoms with Crippen LogP contribution in [0.3, 0.4) is 0 Å². The van der Waals surface area contributed by atoms with Crippen molar-refractivity contribution in [1.82, 2.24) is 14.9 Å². The molecular formula is C14H18ClN3. The highest BCUT2D eigenvalue weighted by molar-refractivity contribution is 6.31. The molecule has 0 aliphatic heterocycles. The third-order valence-corrected chi connectivity index (χ3v) is 3.16. The minimum absolute atomic E-state index is 0.762. The first-order valence-corrected chi connectivity index (χ1v) is 6.53. The lowest BCUT2D eigenvalue weighted by Crippen LogP contribution is -2.11. The number of nitrogens with one attached hydrogen (secondary N) is 1. The van der Waals surface area contributed by atoms with Gasteiger partial charge in [0.2, 0.25) is 0 Å². The highest BCUT2D eigenvalue weighted by atomic mass is 35.5. The molecule has 0 aliphatic rings. The van der Waals surface area contributed by atoms with Gasteiger partial charge in [-0.05, 0) is 30.7 Å². The zero-order chi connectivity index (χ0) is 13.0. The number of imidazole rings is 1. The number of rotatable bonds is 5. The Hall–Kier alpha value is -1.32. The predicted molar refractivity (Wildman–Crippen MR) is 74.9 cm³/mol. The molecule has 0 saturated heterocycles. The quantitative estimate of drug-likeness (QED) is 0.899. The van der Waals surface area contributed by atoms with Crippen molar-refractivity contribution < 1.29 is 0 Å². The van der Waals surface area contributed by atoms with Crippen molar-refractivity contribution in [3.8, 4) is 0 Å². The Morgan fingerprint density at radius 3 is 2.94 bits per heavy atom. The molecule has 3 nitrogen and oxygen atoms in total. The Balaban J connectivity index is 2.06. The summed E-state index contributed by atoms with van der Waals surface area (Å²) >= 11 is 6.22. The Morgan fingerprint density at radius 2 is 2.22 bits per heavy atom. The molecule has 0 atom stereocenters. The highest BCUT2D eigenvalue weighted by Crippen LogP contribution is 2.18. The van der Waals surface area contributed by atoms with Gasteiger partial charge in [0.1, 0.15) is 0 Å². The molecule has 4 heteroatoms. The Bertz CT molecular complexity index is 520. The van der Waals surface area contributed by atoms with Crippen molar-refractivity contribution >= 4 is 11.6 Å². The molecule has 0 fully saturated rings. The summed E-state index contributed by atoms with van der Waals surface area (Å²) < 4.78 is 2.06. The third-order valence-electron chi connectivity index (χ3n) is 2.80. The molecule has 0 aliphatic carbocycles. The minimum atomic E-state index is 0.762. The van der Waals surface area contributed by atoms with E-state index in [4.69, 9.17) is 11.6 Å². The second-order valence-corrected chi connectivity index (χ2v) is 4.82. The van der Waals surface area contributed by atoms with Gasteiger partial charge >= 0.3 is 0 Å². The van der Waals surface area contributed by atoms with Gasteiger partial charge in [0.25, 0.3) is 0 Å². The summed E-state index contributed by atoms with van der Waals surface area (Å²) in [6.07, 6.45) is 3.90. The first-order valence-electron chi connectivity index (χ1n) is 6.15. The van der Waals surface area contributed by atoms with E-state index in [-0.39, 0.29) is 0 Å². The molecular weight excluding hydrogens is 246 g/mol. The van der Waals surface area contributed by atoms with E-state index in [1.165, 1.54) is 5.56 Å². The van der Waals surface area contributed by atoms with Crippen LogP contribution in [0.25, 0.3) is 0 Å². The molecule has 0 spiro atoms. The third kappa shape index (κ3) is 3.34. The number of aryl methyl sites for hydroxylation is 1. The lowest BCUT2D eigenvalue weighted by atomic mass is 10.1. The van der Waals surface area contributed by atoms with Gasteiger partial charge in [0, 0.05) is 24.3 Å². The molecule has 0 radical (unpaired) electrons. The van der Waals surface area contributed by atoms with Crippen LogP contribution in [0, 0.1) is 6.92 Å². The topological polar surface area (TPSA) is 29.9 Å². The molecule has 0 unspecified atom stereocenters. The van der Waals surface area contributed by atoms with Crippen LogP contribution in [0.2, 0.25) is 5.02 Å². The summed E-state index contributed by atoms with van der Waals surface area (Å²) in [7, 11) is 0. The summed E-state index contributed by atoms with van der Waals surface area (Å²) in [5.74, 6) is 0. The molecule has 1 heterocycles. The molecule has 2 aromatic rings. The van der Waals surface area contributed by atoms with Gasteiger partial charge in [-0.3, -0.25) is 0 Å². The first kappa shape index (κ1) is 13.1. The van der Waals surface area contributed by atoms with Gasteiger partial charge in [-0.15, -0.1) is 0 Å². The molecule has 0 amide bonds. The number of aromatic nitrogens is 2. The van der Waals surface area contributed by atoms with Gasteiger partial charge < -0.3 is 9.88 Å². The van der Waals surface area contributed by atoms with E-state index in [2.05, 4.69) is 40.1 Å². The van der Waals surface area contributed by atoms with Gasteiger partial charge in [0.05, 0.1) is 12.0 Å². The smallest absolute Gasteiger partial charge is 0.0953 e. The van der Waals surface area contributed by atoms with Crippen LogP contribution < -0.4 is 5.32 Å². The second kappa shape index (κ2) is 6.03. The molecule has 1 aromatic carbocycles. The van der Waals surface area contributed by atoms with E-state index in [1.54, 1.807) is 0 Å². The highest BCUT2D eigenvalue weighted by Gasteiger charge is 2.03. The maximum absolute atomic E-state index is 6.22. The number of hydrogen-bond donors (Lipinski definition) is 1. The number of nitrogens with zero attached hydrogens (tertiary/aromatic N) is 2. The van der Waals surface area contributed by atoms with Crippen LogP contribution in [0.1, 0.15) is 23.7 Å². The maximum atomic E-state index is 6.22. The molecule has 96 valence electrons. The van der Waals surface area contributed by atoms with Crippen LogP contribution in [0.5, 0.6) is 0 Å². The van der Waals surface area contributed by atoms with Crippen LogP contribution in [0.4, 0.5) is 0 Å². The molecule has 1 aromatic heterocycles. The van der Waals surface area contributed by atoms with Crippen molar-refractivity contribution in [3.05, 3.63) is 52.6 Å². The monoisotopic (exact) mass is 263 g/mol. The van der Waals surface area contributed by atoms with Crippen molar-refractivity contribution in [1.29, 1.82) is 0 Å². The van der Waals surface area contributed by atoms with Crippen molar-refractivity contribution in [2.75, 3.05) is 6.54 Å². The van der Waals surface area contributed by atoms with Crippen LogP contribution >= 0.6 is 11.6 Å². The van der Waals surface area contributed by atoms with Gasteiger partial charge in [-0.1, -0.05) is 30.7 Å². The standard InChI is InChI=1S/C14H18ClN3/c1-3-16-7-13-9-18(10-17-13)8-12-5-4-11(2)6-14(12)15/h4-6,9-10,16H,3,7-8H2,1-2H3. The zero-order valence-corrected chi connectivity index (χ0v) is 11.5. The lowest BCUT2D eigenvalue weighted by Gasteiger charge is -2.06. The van der Waals surface area contributed by atoms with E-state index in [0.29, 0.717) is 0 Å². The summed E-state index contributed by atoms with van der Waals surface area (Å²) in [5, 5.41) is 4.08. The van der Waals surface area contributed by atoms with Crippen molar-refractivity contribution in [2.45, 2.75) is 26.9 Å². The molecule has 0 bridgehead atoms. The maximum Gasteiger partial charge on any atom is 0.0953 e. The lowest BCUT2D eigenvalue weighted by molar-refractivity contribution is 0.712. The number of benzene rings is 1. The predicted octanol–water partition coefficient (Wildman–Crippen LogP) is 3.00. The second-order valence-electron chi connectivity index (χ2n) is 4.41. The minimum Gasteiger partial charge on any atom is -0.333 e. The van der Waals surface area contributed by atoms with Gasteiger partial charge in [0.15, 0.2) is 0 Å². The van der Waals surface area contributed by atoms with Crippen molar-refractivity contribution in [3.63, 3.8) is 0 Å². The first-order chi connectivity index (χ1) is 8.69. The fourth-order valence-corrected chi connectivity index (χ4v) is 2.11. The Morgan fingerprint density at radius 1 is 1.39 bits per heavy atom. The summed E-state index contributed by atoms with van der Waals surface area (Å²) in [6, 6.07) is 6.15. The van der Waals surface area contributed by atoms with E-state index in [9.17, 15) is 0 Å². The van der Waals surface area contributed by atoms with E-state index in [0.717, 1.165) is 35.9 Å². The fraction of sp³-hybridized carbons (Fsp3) is 0.357. The number of hydrogen-bond acceptors (Lipinski definition) is 2.